The van der Waals surface area contributed by atoms with Gasteiger partial charge < -0.3 is 15.2 Å². The van der Waals surface area contributed by atoms with Crippen LogP contribution in [0.3, 0.4) is 0 Å². The van der Waals surface area contributed by atoms with Crippen molar-refractivity contribution in [2.24, 2.45) is 0 Å². The first-order valence-electron chi connectivity index (χ1n) is 8.06. The maximum atomic E-state index is 12.3. The van der Waals surface area contributed by atoms with Crippen molar-refractivity contribution in [2.45, 2.75) is 13.1 Å². The van der Waals surface area contributed by atoms with Gasteiger partial charge in [0, 0.05) is 31.5 Å². The summed E-state index contributed by atoms with van der Waals surface area (Å²) in [5.41, 5.74) is 1.97. The molecule has 2 aromatic rings. The second kappa shape index (κ2) is 7.91. The number of hydrogen-bond donors (Lipinski definition) is 2. The minimum Gasteiger partial charge on any atom is -0.480 e. The number of hydrogen-bond acceptors (Lipinski definition) is 5. The average Bonchev–Trinajstić information content (AvgIpc) is 3.04. The lowest BCUT2D eigenvalue weighted by Crippen LogP contribution is -2.35. The first-order chi connectivity index (χ1) is 12.1. The fourth-order valence-electron chi connectivity index (χ4n) is 2.67. The van der Waals surface area contributed by atoms with Gasteiger partial charge in [0.15, 0.2) is 5.69 Å². The third-order valence-corrected chi connectivity index (χ3v) is 3.87. The van der Waals surface area contributed by atoms with Crippen LogP contribution < -0.4 is 5.32 Å². The molecule has 0 spiro atoms. The van der Waals surface area contributed by atoms with Crippen molar-refractivity contribution in [1.82, 2.24) is 14.7 Å². The van der Waals surface area contributed by atoms with Gasteiger partial charge in [0.2, 0.25) is 0 Å². The molecule has 2 N–H and O–H groups in total. The molecular formula is C17H20N4O4. The zero-order chi connectivity index (χ0) is 17.6. The summed E-state index contributed by atoms with van der Waals surface area (Å²) in [5, 5.41) is 15.5. The molecule has 1 aromatic carbocycles. The molecular weight excluding hydrogens is 324 g/mol. The van der Waals surface area contributed by atoms with Gasteiger partial charge in [-0.1, -0.05) is 12.1 Å². The zero-order valence-corrected chi connectivity index (χ0v) is 13.7. The van der Waals surface area contributed by atoms with Crippen molar-refractivity contribution < 1.29 is 19.4 Å². The van der Waals surface area contributed by atoms with E-state index in [0.29, 0.717) is 5.69 Å². The lowest BCUT2D eigenvalue weighted by molar-refractivity contribution is -0.137. The molecule has 132 valence electrons. The molecule has 0 saturated carbocycles. The molecule has 0 aliphatic carbocycles. The van der Waals surface area contributed by atoms with Crippen LogP contribution in [0.25, 0.3) is 0 Å². The number of carbonyl (C=O) groups excluding carboxylic acids is 1. The molecule has 25 heavy (non-hydrogen) atoms. The van der Waals surface area contributed by atoms with Gasteiger partial charge in [-0.05, 0) is 23.8 Å². The third-order valence-electron chi connectivity index (χ3n) is 3.87. The number of carboxylic acids is 1. The molecule has 1 fully saturated rings. The molecule has 1 aromatic heterocycles. The first kappa shape index (κ1) is 17.1. The summed E-state index contributed by atoms with van der Waals surface area (Å²) in [6.45, 7) is 3.82. The molecule has 2 heterocycles. The van der Waals surface area contributed by atoms with Gasteiger partial charge >= 0.3 is 5.97 Å². The normalized spacial score (nSPS) is 15.0. The molecule has 8 nitrogen and oxygen atoms in total. The number of rotatable bonds is 6. The summed E-state index contributed by atoms with van der Waals surface area (Å²) in [5.74, 6) is -1.38. The minimum absolute atomic E-state index is 0.180. The van der Waals surface area contributed by atoms with E-state index in [9.17, 15) is 9.59 Å². The Morgan fingerprint density at radius 3 is 2.80 bits per heavy atom. The van der Waals surface area contributed by atoms with Crippen LogP contribution in [-0.4, -0.2) is 58.0 Å². The number of amides is 1. The van der Waals surface area contributed by atoms with Crippen LogP contribution in [0.2, 0.25) is 0 Å². The predicted molar refractivity (Wildman–Crippen MR) is 90.4 cm³/mol. The van der Waals surface area contributed by atoms with Crippen LogP contribution in [0.15, 0.2) is 36.5 Å². The fourth-order valence-corrected chi connectivity index (χ4v) is 2.67. The Hall–Kier alpha value is -2.71. The number of morpholine rings is 1. The van der Waals surface area contributed by atoms with Crippen molar-refractivity contribution in [3.8, 4) is 0 Å². The van der Waals surface area contributed by atoms with E-state index >= 15 is 0 Å². The molecule has 1 aliphatic rings. The van der Waals surface area contributed by atoms with Crippen molar-refractivity contribution in [3.63, 3.8) is 0 Å². The Morgan fingerprint density at radius 1 is 1.24 bits per heavy atom. The molecule has 8 heteroatoms. The van der Waals surface area contributed by atoms with Gasteiger partial charge in [-0.3, -0.25) is 19.2 Å². The standard InChI is InChI=1S/C17H20N4O4/c22-16(23)12-21-5-4-15(19-21)17(24)18-14-3-1-2-13(10-14)11-20-6-8-25-9-7-20/h1-5,10H,6-9,11-12H2,(H,18,24)(H,22,23). The highest BCUT2D eigenvalue weighted by Gasteiger charge is 2.13. The third kappa shape index (κ3) is 4.88. The largest absolute Gasteiger partial charge is 0.480 e. The number of ether oxygens (including phenoxy) is 1. The Morgan fingerprint density at radius 2 is 2.04 bits per heavy atom. The summed E-state index contributed by atoms with van der Waals surface area (Å²) in [4.78, 5) is 25.2. The van der Waals surface area contributed by atoms with Crippen LogP contribution >= 0.6 is 0 Å². The van der Waals surface area contributed by atoms with E-state index in [2.05, 4.69) is 15.3 Å². The summed E-state index contributed by atoms with van der Waals surface area (Å²) < 4.78 is 6.56. The van der Waals surface area contributed by atoms with Gasteiger partial charge in [-0.15, -0.1) is 0 Å². The number of anilines is 1. The number of nitrogens with one attached hydrogen (secondary N) is 1. The molecule has 0 radical (unpaired) electrons. The van der Waals surface area contributed by atoms with Crippen LogP contribution in [0.1, 0.15) is 16.1 Å². The van der Waals surface area contributed by atoms with E-state index < -0.39 is 5.97 Å². The van der Waals surface area contributed by atoms with Crippen molar-refractivity contribution >= 4 is 17.6 Å². The summed E-state index contributed by atoms with van der Waals surface area (Å²) in [7, 11) is 0. The van der Waals surface area contributed by atoms with Crippen molar-refractivity contribution in [1.29, 1.82) is 0 Å². The van der Waals surface area contributed by atoms with E-state index in [-0.39, 0.29) is 18.1 Å². The second-order valence-electron chi connectivity index (χ2n) is 5.84. The van der Waals surface area contributed by atoms with E-state index in [1.807, 2.05) is 24.3 Å². The Balaban J connectivity index is 1.61. The summed E-state index contributed by atoms with van der Waals surface area (Å²) >= 11 is 0. The average molecular weight is 344 g/mol. The molecule has 0 atom stereocenters. The molecule has 1 aliphatic heterocycles. The van der Waals surface area contributed by atoms with E-state index in [1.165, 1.54) is 16.9 Å². The lowest BCUT2D eigenvalue weighted by atomic mass is 10.2. The Labute approximate surface area is 145 Å². The topological polar surface area (TPSA) is 96.7 Å². The SMILES string of the molecule is O=C(O)Cn1ccc(C(=O)Nc2cccc(CN3CCOCC3)c2)n1. The highest BCUT2D eigenvalue weighted by atomic mass is 16.5. The minimum atomic E-state index is -1.01. The quantitative estimate of drug-likeness (QED) is 0.813. The smallest absolute Gasteiger partial charge is 0.325 e. The highest BCUT2D eigenvalue weighted by Crippen LogP contribution is 2.14. The number of aliphatic carboxylic acids is 1. The molecule has 0 unspecified atom stereocenters. The summed E-state index contributed by atoms with van der Waals surface area (Å²) in [6.07, 6.45) is 1.47. The number of carbonyl (C=O) groups is 2. The monoisotopic (exact) mass is 344 g/mol. The highest BCUT2D eigenvalue weighted by molar-refractivity contribution is 6.02. The van der Waals surface area contributed by atoms with Gasteiger partial charge in [0.05, 0.1) is 13.2 Å². The van der Waals surface area contributed by atoms with Crippen LogP contribution in [0.5, 0.6) is 0 Å². The van der Waals surface area contributed by atoms with Crippen LogP contribution in [0.4, 0.5) is 5.69 Å². The number of aromatic nitrogens is 2. The first-order valence-corrected chi connectivity index (χ1v) is 8.06. The van der Waals surface area contributed by atoms with Gasteiger partial charge in [0.1, 0.15) is 6.54 Å². The van der Waals surface area contributed by atoms with Crippen molar-refractivity contribution in [2.75, 3.05) is 31.6 Å². The lowest BCUT2D eigenvalue weighted by Gasteiger charge is -2.26. The molecule has 3 rings (SSSR count). The Bertz CT molecular complexity index is 753. The number of nitrogens with zero attached hydrogens (tertiary/aromatic N) is 3. The van der Waals surface area contributed by atoms with Crippen molar-refractivity contribution in [3.05, 3.63) is 47.8 Å². The van der Waals surface area contributed by atoms with Crippen LogP contribution in [-0.2, 0) is 22.6 Å². The fraction of sp³-hybridized carbons (Fsp3) is 0.353. The maximum Gasteiger partial charge on any atom is 0.325 e. The van der Waals surface area contributed by atoms with E-state index in [4.69, 9.17) is 9.84 Å². The molecule has 1 amide bonds. The second-order valence-corrected chi connectivity index (χ2v) is 5.84. The van der Waals surface area contributed by atoms with E-state index in [0.717, 1.165) is 38.4 Å². The van der Waals surface area contributed by atoms with Gasteiger partial charge in [0.25, 0.3) is 5.91 Å². The van der Waals surface area contributed by atoms with E-state index in [1.54, 1.807) is 0 Å². The predicted octanol–water partition coefficient (Wildman–Crippen LogP) is 1.05. The van der Waals surface area contributed by atoms with Gasteiger partial charge in [-0.2, -0.15) is 5.10 Å². The summed E-state index contributed by atoms with van der Waals surface area (Å²) in [6, 6.07) is 9.16. The van der Waals surface area contributed by atoms with Crippen LogP contribution in [0, 0.1) is 0 Å². The number of benzene rings is 1. The number of carboxylic acid groups (broad SMARTS) is 1. The Kier molecular flexibility index (Phi) is 5.42. The molecule has 0 bridgehead atoms. The molecule has 1 saturated heterocycles. The zero-order valence-electron chi connectivity index (χ0n) is 13.7. The van der Waals surface area contributed by atoms with Gasteiger partial charge in [-0.25, -0.2) is 0 Å². The maximum absolute atomic E-state index is 12.3.